The van der Waals surface area contributed by atoms with Crippen LogP contribution in [0.2, 0.25) is 0 Å². The summed E-state index contributed by atoms with van der Waals surface area (Å²) < 4.78 is 6.42. The Balaban J connectivity index is 1.53. The Kier molecular flexibility index (Phi) is 5.69. The first-order valence-electron chi connectivity index (χ1n) is 12.7. The highest BCUT2D eigenvalue weighted by Crippen LogP contribution is 2.48. The minimum Gasteiger partial charge on any atom is -0.460 e. The SMILES string of the molecule is C/C=C\c1cc(-c2cccc(N)c2)c(-c2cc(C)cc(C3=C4Oc5ccccc5C4CC=C3)c2)cc1N. The first-order chi connectivity index (χ1) is 18.0. The third-order valence-electron chi connectivity index (χ3n) is 7.22. The van der Waals surface area contributed by atoms with Crippen LogP contribution >= 0.6 is 0 Å². The maximum Gasteiger partial charge on any atom is 0.130 e. The van der Waals surface area contributed by atoms with Crippen molar-refractivity contribution < 1.29 is 4.74 Å². The van der Waals surface area contributed by atoms with Gasteiger partial charge in [-0.2, -0.15) is 0 Å². The molecule has 2 aliphatic rings. The van der Waals surface area contributed by atoms with Crippen molar-refractivity contribution in [3.05, 3.63) is 125 Å². The summed E-state index contributed by atoms with van der Waals surface area (Å²) in [4.78, 5) is 0. The number of nitrogens with two attached hydrogens (primary N) is 2. The Bertz CT molecular complexity index is 1620. The molecule has 0 fully saturated rings. The smallest absolute Gasteiger partial charge is 0.130 e. The van der Waals surface area contributed by atoms with Crippen molar-refractivity contribution in [1.29, 1.82) is 0 Å². The van der Waals surface area contributed by atoms with E-state index in [1.54, 1.807) is 0 Å². The van der Waals surface area contributed by atoms with Crippen LogP contribution in [-0.2, 0) is 0 Å². The second-order valence-electron chi connectivity index (χ2n) is 9.85. The third kappa shape index (κ3) is 4.13. The molecular formula is C34H30N2O. The summed E-state index contributed by atoms with van der Waals surface area (Å²) in [5.74, 6) is 2.27. The Morgan fingerprint density at radius 1 is 0.838 bits per heavy atom. The van der Waals surface area contributed by atoms with Gasteiger partial charge in [0, 0.05) is 28.4 Å². The minimum atomic E-state index is 0.263. The van der Waals surface area contributed by atoms with Crippen LogP contribution in [0.25, 0.3) is 33.9 Å². The zero-order valence-corrected chi connectivity index (χ0v) is 21.2. The summed E-state index contributed by atoms with van der Waals surface area (Å²) in [6.45, 7) is 4.15. The number of fused-ring (bicyclic) bond motifs is 3. The van der Waals surface area contributed by atoms with Crippen molar-refractivity contribution in [2.24, 2.45) is 0 Å². The highest BCUT2D eigenvalue weighted by atomic mass is 16.5. The first-order valence-corrected chi connectivity index (χ1v) is 12.7. The molecule has 6 rings (SSSR count). The Morgan fingerprint density at radius 2 is 1.65 bits per heavy atom. The molecule has 0 aromatic heterocycles. The molecule has 1 unspecified atom stereocenters. The molecule has 1 aliphatic heterocycles. The molecule has 3 heteroatoms. The van der Waals surface area contributed by atoms with Gasteiger partial charge in [-0.15, -0.1) is 0 Å². The van der Waals surface area contributed by atoms with Gasteiger partial charge in [-0.3, -0.25) is 0 Å². The quantitative estimate of drug-likeness (QED) is 0.287. The number of para-hydroxylation sites is 1. The van der Waals surface area contributed by atoms with Gasteiger partial charge in [-0.1, -0.05) is 66.8 Å². The summed E-state index contributed by atoms with van der Waals surface area (Å²) in [6.07, 6.45) is 9.48. The van der Waals surface area contributed by atoms with Crippen molar-refractivity contribution >= 4 is 23.0 Å². The molecule has 0 saturated heterocycles. The van der Waals surface area contributed by atoms with Gasteiger partial charge in [0.15, 0.2) is 0 Å². The van der Waals surface area contributed by atoms with E-state index in [4.69, 9.17) is 16.2 Å². The molecule has 182 valence electrons. The van der Waals surface area contributed by atoms with Gasteiger partial charge in [0.05, 0.1) is 0 Å². The highest BCUT2D eigenvalue weighted by molar-refractivity contribution is 5.91. The van der Waals surface area contributed by atoms with Crippen LogP contribution in [0.4, 0.5) is 11.4 Å². The number of aryl methyl sites for hydroxylation is 1. The lowest BCUT2D eigenvalue weighted by atomic mass is 9.85. The molecule has 0 saturated carbocycles. The van der Waals surface area contributed by atoms with Crippen LogP contribution in [0.1, 0.15) is 41.5 Å². The number of hydrogen-bond acceptors (Lipinski definition) is 3. The van der Waals surface area contributed by atoms with E-state index in [0.717, 1.165) is 68.3 Å². The fraction of sp³-hybridized carbons (Fsp3) is 0.118. The maximum atomic E-state index is 6.54. The van der Waals surface area contributed by atoms with Crippen LogP contribution in [0.5, 0.6) is 5.75 Å². The Morgan fingerprint density at radius 3 is 2.49 bits per heavy atom. The van der Waals surface area contributed by atoms with Gasteiger partial charge in [0.25, 0.3) is 0 Å². The molecule has 4 N–H and O–H groups in total. The van der Waals surface area contributed by atoms with Gasteiger partial charge in [0.1, 0.15) is 11.5 Å². The van der Waals surface area contributed by atoms with Crippen molar-refractivity contribution in [2.75, 3.05) is 11.5 Å². The molecule has 37 heavy (non-hydrogen) atoms. The molecule has 1 atom stereocenters. The molecule has 1 aliphatic carbocycles. The fourth-order valence-electron chi connectivity index (χ4n) is 5.55. The predicted octanol–water partition coefficient (Wildman–Crippen LogP) is 8.37. The van der Waals surface area contributed by atoms with E-state index in [-0.39, 0.29) is 5.92 Å². The largest absolute Gasteiger partial charge is 0.460 e. The molecule has 0 amide bonds. The first kappa shape index (κ1) is 22.9. The van der Waals surface area contributed by atoms with E-state index in [1.165, 1.54) is 11.1 Å². The van der Waals surface area contributed by atoms with E-state index in [2.05, 4.69) is 73.7 Å². The molecular weight excluding hydrogens is 452 g/mol. The Labute approximate surface area is 218 Å². The number of hydrogen-bond donors (Lipinski definition) is 2. The van der Waals surface area contributed by atoms with Crippen LogP contribution in [0, 0.1) is 6.92 Å². The Hall–Kier alpha value is -4.50. The van der Waals surface area contributed by atoms with Crippen molar-refractivity contribution in [3.63, 3.8) is 0 Å². The standard InChI is InChI=1S/C34H30N2O/c1-3-8-23-19-30(22-9-6-10-26(35)18-22)31(20-32(23)36)25-16-21(2)15-24(17-25)27-12-7-13-29-28-11-4-5-14-33(28)37-34(27)29/h3-12,14-20,29H,13,35-36H2,1-2H3/b8-3-. The van der Waals surface area contributed by atoms with Crippen molar-refractivity contribution in [2.45, 2.75) is 26.2 Å². The number of benzene rings is 4. The molecule has 0 bridgehead atoms. The summed E-state index contributed by atoms with van der Waals surface area (Å²) in [5, 5.41) is 0. The summed E-state index contributed by atoms with van der Waals surface area (Å²) in [6, 6.07) is 27.4. The summed E-state index contributed by atoms with van der Waals surface area (Å²) in [7, 11) is 0. The van der Waals surface area contributed by atoms with Gasteiger partial charge in [-0.05, 0) is 95.6 Å². The summed E-state index contributed by atoms with van der Waals surface area (Å²) >= 11 is 0. The molecule has 3 nitrogen and oxygen atoms in total. The molecule has 4 aromatic rings. The predicted molar refractivity (Wildman–Crippen MR) is 156 cm³/mol. The minimum absolute atomic E-state index is 0.263. The zero-order valence-electron chi connectivity index (χ0n) is 21.2. The number of ether oxygens (including phenoxy) is 1. The van der Waals surface area contributed by atoms with E-state index in [0.29, 0.717) is 0 Å². The van der Waals surface area contributed by atoms with Crippen LogP contribution in [-0.4, -0.2) is 0 Å². The average molecular weight is 483 g/mol. The molecule has 1 heterocycles. The number of allylic oxidation sites excluding steroid dienone is 5. The third-order valence-corrected chi connectivity index (χ3v) is 7.22. The van der Waals surface area contributed by atoms with E-state index >= 15 is 0 Å². The van der Waals surface area contributed by atoms with Crippen molar-refractivity contribution in [1.82, 2.24) is 0 Å². The zero-order chi connectivity index (χ0) is 25.5. The van der Waals surface area contributed by atoms with Gasteiger partial charge >= 0.3 is 0 Å². The number of rotatable bonds is 4. The second-order valence-corrected chi connectivity index (χ2v) is 9.85. The van der Waals surface area contributed by atoms with E-state index in [1.807, 2.05) is 43.3 Å². The molecule has 4 aromatic carbocycles. The average Bonchev–Trinajstić information content (AvgIpc) is 3.28. The van der Waals surface area contributed by atoms with Gasteiger partial charge in [-0.25, -0.2) is 0 Å². The topological polar surface area (TPSA) is 61.3 Å². The van der Waals surface area contributed by atoms with Crippen LogP contribution < -0.4 is 16.2 Å². The second kappa shape index (κ2) is 9.18. The lowest BCUT2D eigenvalue weighted by molar-refractivity contribution is 0.429. The number of nitrogen functional groups attached to an aromatic ring is 2. The van der Waals surface area contributed by atoms with E-state index in [9.17, 15) is 0 Å². The monoisotopic (exact) mass is 482 g/mol. The summed E-state index contributed by atoms with van der Waals surface area (Å²) in [5.41, 5.74) is 24.3. The van der Waals surface area contributed by atoms with Crippen molar-refractivity contribution in [3.8, 4) is 28.0 Å². The van der Waals surface area contributed by atoms with Crippen LogP contribution in [0.15, 0.2) is 103 Å². The fourth-order valence-corrected chi connectivity index (χ4v) is 5.55. The van der Waals surface area contributed by atoms with E-state index < -0.39 is 0 Å². The van der Waals surface area contributed by atoms with Gasteiger partial charge < -0.3 is 16.2 Å². The van der Waals surface area contributed by atoms with Crippen LogP contribution in [0.3, 0.4) is 0 Å². The lowest BCUT2D eigenvalue weighted by Gasteiger charge is -2.20. The highest BCUT2D eigenvalue weighted by Gasteiger charge is 2.33. The molecule has 0 spiro atoms. The lowest BCUT2D eigenvalue weighted by Crippen LogP contribution is -2.05. The maximum absolute atomic E-state index is 6.54. The number of anilines is 2. The van der Waals surface area contributed by atoms with Gasteiger partial charge in [0.2, 0.25) is 0 Å². The molecule has 0 radical (unpaired) electrons. The normalized spacial score (nSPS) is 16.1.